The van der Waals surface area contributed by atoms with Gasteiger partial charge in [0.2, 0.25) is 0 Å². The van der Waals surface area contributed by atoms with Crippen LogP contribution in [0.4, 0.5) is 0 Å². The predicted molar refractivity (Wildman–Crippen MR) is 44.0 cm³/mol. The second-order valence-corrected chi connectivity index (χ2v) is 2.74. The van der Waals surface area contributed by atoms with Crippen LogP contribution in [-0.4, -0.2) is 35.1 Å². The average molecular weight is 162 g/mol. The second kappa shape index (κ2) is 5.49. The van der Waals surface area contributed by atoms with Gasteiger partial charge in [0.15, 0.2) is 0 Å². The topological polar surface area (TPSA) is 78.5 Å². The molecular weight excluding hydrogens is 144 g/mol. The number of nitrogens with one attached hydrogen (secondary N) is 1. The Morgan fingerprint density at radius 2 is 2.00 bits per heavy atom. The first-order valence-corrected chi connectivity index (χ1v) is 3.93. The quantitative estimate of drug-likeness (QED) is 0.391. The Labute approximate surface area is 67.4 Å². The van der Waals surface area contributed by atoms with Crippen LogP contribution in [0, 0.1) is 0 Å². The van der Waals surface area contributed by atoms with Crippen LogP contribution in [0.5, 0.6) is 0 Å². The molecule has 0 aromatic carbocycles. The summed E-state index contributed by atoms with van der Waals surface area (Å²) in [6.45, 7) is 3.93. The molecule has 0 heterocycles. The third-order valence-corrected chi connectivity index (χ3v) is 1.58. The van der Waals surface area contributed by atoms with Gasteiger partial charge in [-0.25, -0.2) is 0 Å². The summed E-state index contributed by atoms with van der Waals surface area (Å²) in [7, 11) is 0. The fourth-order valence-electron chi connectivity index (χ4n) is 0.587. The average Bonchev–Trinajstić information content (AvgIpc) is 1.99. The van der Waals surface area contributed by atoms with E-state index in [0.717, 1.165) is 0 Å². The van der Waals surface area contributed by atoms with E-state index in [1.165, 1.54) is 0 Å². The molecule has 0 spiro atoms. The smallest absolute Gasteiger partial charge is 0.0812 e. The van der Waals surface area contributed by atoms with Gasteiger partial charge < -0.3 is 15.9 Å². The normalized spacial score (nSPS) is 19.4. The van der Waals surface area contributed by atoms with Crippen molar-refractivity contribution in [2.75, 3.05) is 6.54 Å². The molecule has 4 nitrogen and oxygen atoms in total. The van der Waals surface area contributed by atoms with E-state index in [0.29, 0.717) is 13.0 Å². The van der Waals surface area contributed by atoms with Crippen molar-refractivity contribution >= 4 is 0 Å². The molecule has 0 saturated carbocycles. The Kier molecular flexibility index (Phi) is 5.41. The SMILES string of the molecule is CCC(O)CNC(N)C(C)O. The van der Waals surface area contributed by atoms with Crippen LogP contribution < -0.4 is 11.1 Å². The highest BCUT2D eigenvalue weighted by Crippen LogP contribution is 1.89. The highest BCUT2D eigenvalue weighted by Gasteiger charge is 2.09. The third-order valence-electron chi connectivity index (χ3n) is 1.58. The van der Waals surface area contributed by atoms with Gasteiger partial charge >= 0.3 is 0 Å². The zero-order valence-electron chi connectivity index (χ0n) is 7.12. The zero-order chi connectivity index (χ0) is 8.85. The van der Waals surface area contributed by atoms with Crippen LogP contribution in [0.2, 0.25) is 0 Å². The summed E-state index contributed by atoms with van der Waals surface area (Å²) in [5.41, 5.74) is 5.45. The Balaban J connectivity index is 3.37. The highest BCUT2D eigenvalue weighted by atomic mass is 16.3. The molecule has 3 unspecified atom stereocenters. The molecule has 0 aliphatic carbocycles. The lowest BCUT2D eigenvalue weighted by molar-refractivity contribution is 0.122. The van der Waals surface area contributed by atoms with Gasteiger partial charge in [0.05, 0.1) is 18.4 Å². The van der Waals surface area contributed by atoms with Crippen LogP contribution in [-0.2, 0) is 0 Å². The molecule has 0 bridgehead atoms. The molecule has 0 saturated heterocycles. The molecule has 0 radical (unpaired) electrons. The van der Waals surface area contributed by atoms with Gasteiger partial charge in [-0.1, -0.05) is 6.92 Å². The van der Waals surface area contributed by atoms with Gasteiger partial charge in [0.25, 0.3) is 0 Å². The van der Waals surface area contributed by atoms with Crippen molar-refractivity contribution in [3.63, 3.8) is 0 Å². The van der Waals surface area contributed by atoms with E-state index in [2.05, 4.69) is 5.32 Å². The number of aliphatic hydroxyl groups excluding tert-OH is 2. The predicted octanol–water partition coefficient (Wildman–Crippen LogP) is -0.987. The number of hydrogen-bond donors (Lipinski definition) is 4. The van der Waals surface area contributed by atoms with Crippen molar-refractivity contribution in [2.24, 2.45) is 5.73 Å². The van der Waals surface area contributed by atoms with E-state index in [1.54, 1.807) is 6.92 Å². The van der Waals surface area contributed by atoms with Crippen LogP contribution in [0.3, 0.4) is 0 Å². The number of rotatable bonds is 5. The van der Waals surface area contributed by atoms with Crippen molar-refractivity contribution in [3.8, 4) is 0 Å². The first kappa shape index (κ1) is 10.8. The number of hydrogen-bond acceptors (Lipinski definition) is 4. The van der Waals surface area contributed by atoms with Gasteiger partial charge in [-0.2, -0.15) is 0 Å². The molecule has 0 fully saturated rings. The van der Waals surface area contributed by atoms with Gasteiger partial charge in [-0.3, -0.25) is 5.32 Å². The van der Waals surface area contributed by atoms with Crippen molar-refractivity contribution < 1.29 is 10.2 Å². The lowest BCUT2D eigenvalue weighted by atomic mass is 10.2. The summed E-state index contributed by atoms with van der Waals surface area (Å²) in [4.78, 5) is 0. The van der Waals surface area contributed by atoms with Crippen LogP contribution >= 0.6 is 0 Å². The van der Waals surface area contributed by atoms with E-state index in [1.807, 2.05) is 6.92 Å². The molecule has 0 rings (SSSR count). The first-order valence-electron chi connectivity index (χ1n) is 3.93. The number of aliphatic hydroxyl groups is 2. The fourth-order valence-corrected chi connectivity index (χ4v) is 0.587. The maximum Gasteiger partial charge on any atom is 0.0812 e. The van der Waals surface area contributed by atoms with E-state index >= 15 is 0 Å². The van der Waals surface area contributed by atoms with E-state index in [4.69, 9.17) is 15.9 Å². The van der Waals surface area contributed by atoms with E-state index in [9.17, 15) is 0 Å². The van der Waals surface area contributed by atoms with Crippen LogP contribution in [0.1, 0.15) is 20.3 Å². The molecule has 68 valence electrons. The Morgan fingerprint density at radius 3 is 2.36 bits per heavy atom. The van der Waals surface area contributed by atoms with E-state index < -0.39 is 12.3 Å². The summed E-state index contributed by atoms with van der Waals surface area (Å²) in [5, 5.41) is 20.8. The lowest BCUT2D eigenvalue weighted by Gasteiger charge is -2.18. The van der Waals surface area contributed by atoms with Crippen LogP contribution in [0.25, 0.3) is 0 Å². The fraction of sp³-hybridized carbons (Fsp3) is 1.00. The summed E-state index contributed by atoms with van der Waals surface area (Å²) in [6, 6.07) is 0. The van der Waals surface area contributed by atoms with Gasteiger partial charge in [-0.15, -0.1) is 0 Å². The minimum Gasteiger partial charge on any atom is -0.392 e. The number of nitrogens with two attached hydrogens (primary N) is 1. The summed E-state index contributed by atoms with van der Waals surface area (Å²) in [6.07, 6.45) is -0.713. The summed E-state index contributed by atoms with van der Waals surface area (Å²) >= 11 is 0. The van der Waals surface area contributed by atoms with Gasteiger partial charge in [0, 0.05) is 6.54 Å². The molecule has 0 aromatic heterocycles. The Bertz CT molecular complexity index is 98.4. The van der Waals surface area contributed by atoms with Gasteiger partial charge in [-0.05, 0) is 13.3 Å². The molecule has 0 aliphatic heterocycles. The Morgan fingerprint density at radius 1 is 1.45 bits per heavy atom. The molecule has 5 N–H and O–H groups in total. The summed E-state index contributed by atoms with van der Waals surface area (Å²) in [5.74, 6) is 0. The maximum atomic E-state index is 9.09. The molecule has 3 atom stereocenters. The van der Waals surface area contributed by atoms with Crippen LogP contribution in [0.15, 0.2) is 0 Å². The van der Waals surface area contributed by atoms with Crippen molar-refractivity contribution in [1.29, 1.82) is 0 Å². The lowest BCUT2D eigenvalue weighted by Crippen LogP contribution is -2.48. The second-order valence-electron chi connectivity index (χ2n) is 2.74. The summed E-state index contributed by atoms with van der Waals surface area (Å²) < 4.78 is 0. The monoisotopic (exact) mass is 162 g/mol. The molecule has 0 amide bonds. The largest absolute Gasteiger partial charge is 0.392 e. The minimum absolute atomic E-state index is 0.375. The molecule has 0 aromatic rings. The maximum absolute atomic E-state index is 9.09. The van der Waals surface area contributed by atoms with Crippen molar-refractivity contribution in [3.05, 3.63) is 0 Å². The molecule has 4 heteroatoms. The Hall–Kier alpha value is -0.160. The van der Waals surface area contributed by atoms with Gasteiger partial charge in [0.1, 0.15) is 0 Å². The standard InChI is InChI=1S/C7H18N2O2/c1-3-6(11)4-9-7(8)5(2)10/h5-7,9-11H,3-4,8H2,1-2H3. The molecular formula is C7H18N2O2. The zero-order valence-corrected chi connectivity index (χ0v) is 7.12. The van der Waals surface area contributed by atoms with Crippen molar-refractivity contribution in [2.45, 2.75) is 38.6 Å². The molecule has 0 aliphatic rings. The minimum atomic E-state index is -0.584. The highest BCUT2D eigenvalue weighted by molar-refractivity contribution is 4.67. The molecule has 11 heavy (non-hydrogen) atoms. The first-order chi connectivity index (χ1) is 5.07. The van der Waals surface area contributed by atoms with E-state index in [-0.39, 0.29) is 6.10 Å². The third kappa shape index (κ3) is 5.15. The van der Waals surface area contributed by atoms with Crippen molar-refractivity contribution in [1.82, 2.24) is 5.32 Å².